The molecule has 0 aliphatic carbocycles. The van der Waals surface area contributed by atoms with E-state index in [-0.39, 0.29) is 24.5 Å². The van der Waals surface area contributed by atoms with Crippen molar-refractivity contribution in [3.63, 3.8) is 0 Å². The minimum absolute atomic E-state index is 0.0574. The summed E-state index contributed by atoms with van der Waals surface area (Å²) in [6.07, 6.45) is 1.37. The van der Waals surface area contributed by atoms with Crippen LogP contribution in [0.5, 0.6) is 5.75 Å². The average molecular weight is 439 g/mol. The number of rotatable bonds is 10. The number of amides is 2. The number of nitrogens with one attached hydrogen (secondary N) is 1. The van der Waals surface area contributed by atoms with E-state index in [4.69, 9.17) is 4.74 Å². The fourth-order valence-corrected chi connectivity index (χ4v) is 3.62. The van der Waals surface area contributed by atoms with Crippen LogP contribution in [-0.4, -0.2) is 35.4 Å². The normalized spacial score (nSPS) is 12.7. The molecular formula is C27H38N2O3. The molecule has 2 amide bonds. The molecule has 2 atom stereocenters. The summed E-state index contributed by atoms with van der Waals surface area (Å²) < 4.78 is 5.95. The lowest BCUT2D eigenvalue weighted by Crippen LogP contribution is -2.51. The smallest absolute Gasteiger partial charge is 0.261 e. The fourth-order valence-electron chi connectivity index (χ4n) is 3.62. The van der Waals surface area contributed by atoms with Gasteiger partial charge in [0, 0.05) is 12.6 Å². The highest BCUT2D eigenvalue weighted by Gasteiger charge is 2.29. The topological polar surface area (TPSA) is 58.6 Å². The van der Waals surface area contributed by atoms with Crippen molar-refractivity contribution in [2.75, 3.05) is 6.61 Å². The second-order valence-corrected chi connectivity index (χ2v) is 8.74. The molecule has 0 fully saturated rings. The predicted molar refractivity (Wildman–Crippen MR) is 130 cm³/mol. The molecule has 1 N–H and O–H groups in total. The Labute approximate surface area is 193 Å². The second-order valence-electron chi connectivity index (χ2n) is 8.74. The molecule has 0 heterocycles. The Hall–Kier alpha value is -2.82. The van der Waals surface area contributed by atoms with E-state index in [1.54, 1.807) is 4.90 Å². The molecule has 2 rings (SSSR count). The largest absolute Gasteiger partial charge is 0.483 e. The van der Waals surface area contributed by atoms with E-state index in [1.807, 2.05) is 78.8 Å². The van der Waals surface area contributed by atoms with Crippen LogP contribution in [0.4, 0.5) is 0 Å². The van der Waals surface area contributed by atoms with Gasteiger partial charge in [0.1, 0.15) is 11.8 Å². The summed E-state index contributed by atoms with van der Waals surface area (Å²) in [6.45, 7) is 14.3. The van der Waals surface area contributed by atoms with Crippen molar-refractivity contribution >= 4 is 11.8 Å². The number of hydrogen-bond acceptors (Lipinski definition) is 3. The third-order valence-corrected chi connectivity index (χ3v) is 5.98. The molecule has 0 unspecified atom stereocenters. The van der Waals surface area contributed by atoms with Crippen molar-refractivity contribution in [3.8, 4) is 5.75 Å². The quantitative estimate of drug-likeness (QED) is 0.567. The summed E-state index contributed by atoms with van der Waals surface area (Å²) in [5, 5.41) is 3.04. The average Bonchev–Trinajstić information content (AvgIpc) is 2.76. The number of benzene rings is 2. The van der Waals surface area contributed by atoms with Crippen LogP contribution in [0, 0.1) is 27.7 Å². The van der Waals surface area contributed by atoms with Gasteiger partial charge >= 0.3 is 0 Å². The fraction of sp³-hybridized carbons (Fsp3) is 0.481. The predicted octanol–water partition coefficient (Wildman–Crippen LogP) is 5.02. The molecule has 0 spiro atoms. The van der Waals surface area contributed by atoms with Crippen molar-refractivity contribution in [1.29, 1.82) is 0 Å². The molecule has 0 radical (unpaired) electrons. The number of aryl methyl sites for hydroxylation is 3. The maximum Gasteiger partial charge on any atom is 0.261 e. The van der Waals surface area contributed by atoms with Gasteiger partial charge in [-0.05, 0) is 75.8 Å². The molecule has 2 aromatic carbocycles. The van der Waals surface area contributed by atoms with Crippen LogP contribution < -0.4 is 10.1 Å². The van der Waals surface area contributed by atoms with Gasteiger partial charge in [-0.1, -0.05) is 49.7 Å². The first-order valence-corrected chi connectivity index (χ1v) is 11.5. The van der Waals surface area contributed by atoms with Gasteiger partial charge in [-0.2, -0.15) is 0 Å². The number of carbonyl (C=O) groups is 2. The summed E-state index contributed by atoms with van der Waals surface area (Å²) in [7, 11) is 0. The number of ether oxygens (including phenoxy) is 1. The Morgan fingerprint density at radius 3 is 2.22 bits per heavy atom. The van der Waals surface area contributed by atoms with Gasteiger partial charge in [0.15, 0.2) is 6.61 Å². The Kier molecular flexibility index (Phi) is 9.30. The van der Waals surface area contributed by atoms with Gasteiger partial charge in [-0.15, -0.1) is 0 Å². The second kappa shape index (κ2) is 11.7. The molecule has 0 saturated heterocycles. The van der Waals surface area contributed by atoms with E-state index >= 15 is 0 Å². The molecule has 5 heteroatoms. The van der Waals surface area contributed by atoms with Gasteiger partial charge in [0.2, 0.25) is 5.91 Å². The zero-order valence-electron chi connectivity index (χ0n) is 20.6. The van der Waals surface area contributed by atoms with E-state index in [0.717, 1.165) is 34.2 Å². The van der Waals surface area contributed by atoms with Crippen LogP contribution in [0.2, 0.25) is 0 Å². The zero-order valence-corrected chi connectivity index (χ0v) is 20.6. The van der Waals surface area contributed by atoms with Crippen molar-refractivity contribution in [3.05, 3.63) is 64.2 Å². The first kappa shape index (κ1) is 25.4. The molecule has 32 heavy (non-hydrogen) atoms. The van der Waals surface area contributed by atoms with Crippen LogP contribution in [0.1, 0.15) is 61.4 Å². The summed E-state index contributed by atoms with van der Waals surface area (Å²) in [6, 6.07) is 11.6. The van der Waals surface area contributed by atoms with Crippen molar-refractivity contribution in [1.82, 2.24) is 10.2 Å². The molecule has 2 aromatic rings. The van der Waals surface area contributed by atoms with Crippen molar-refractivity contribution < 1.29 is 14.3 Å². The SMILES string of the molecule is CC[C@H](C(=O)N[C@@H](C)CC)N(Cc1ccc(C)cc1)C(=O)COc1cc(C)cc(C)c1C. The van der Waals surface area contributed by atoms with Gasteiger partial charge in [-0.3, -0.25) is 9.59 Å². The molecule has 0 aromatic heterocycles. The molecule has 174 valence electrons. The first-order chi connectivity index (χ1) is 15.2. The third-order valence-electron chi connectivity index (χ3n) is 5.98. The highest BCUT2D eigenvalue weighted by molar-refractivity contribution is 5.88. The monoisotopic (exact) mass is 438 g/mol. The minimum Gasteiger partial charge on any atom is -0.483 e. The lowest BCUT2D eigenvalue weighted by molar-refractivity contribution is -0.143. The Morgan fingerprint density at radius 2 is 1.62 bits per heavy atom. The first-order valence-electron chi connectivity index (χ1n) is 11.5. The van der Waals surface area contributed by atoms with Crippen molar-refractivity contribution in [2.24, 2.45) is 0 Å². The lowest BCUT2D eigenvalue weighted by atomic mass is 10.1. The molecule has 5 nitrogen and oxygen atoms in total. The lowest BCUT2D eigenvalue weighted by Gasteiger charge is -2.31. The summed E-state index contributed by atoms with van der Waals surface area (Å²) in [4.78, 5) is 28.0. The maximum atomic E-state index is 13.4. The molecule has 0 saturated carbocycles. The highest BCUT2D eigenvalue weighted by Crippen LogP contribution is 2.23. The van der Waals surface area contributed by atoms with Gasteiger partial charge in [-0.25, -0.2) is 0 Å². The van der Waals surface area contributed by atoms with Crippen LogP contribution in [0.3, 0.4) is 0 Å². The maximum absolute atomic E-state index is 13.4. The number of hydrogen-bond donors (Lipinski definition) is 1. The minimum atomic E-state index is -0.554. The van der Waals surface area contributed by atoms with Crippen LogP contribution in [-0.2, 0) is 16.1 Å². The number of carbonyl (C=O) groups excluding carboxylic acids is 2. The zero-order chi connectivity index (χ0) is 23.8. The van der Waals surface area contributed by atoms with Crippen LogP contribution in [0.15, 0.2) is 36.4 Å². The van der Waals surface area contributed by atoms with Gasteiger partial charge in [0.25, 0.3) is 5.91 Å². The van der Waals surface area contributed by atoms with Gasteiger partial charge in [0.05, 0.1) is 0 Å². The van der Waals surface area contributed by atoms with Crippen LogP contribution >= 0.6 is 0 Å². The molecular weight excluding hydrogens is 400 g/mol. The van der Waals surface area contributed by atoms with Crippen molar-refractivity contribution in [2.45, 2.75) is 79.9 Å². The summed E-state index contributed by atoms with van der Waals surface area (Å²) >= 11 is 0. The van der Waals surface area contributed by atoms with E-state index in [9.17, 15) is 9.59 Å². The molecule has 0 aliphatic rings. The third kappa shape index (κ3) is 6.84. The number of nitrogens with zero attached hydrogens (tertiary/aromatic N) is 1. The highest BCUT2D eigenvalue weighted by atomic mass is 16.5. The van der Waals surface area contributed by atoms with E-state index in [1.165, 1.54) is 0 Å². The summed E-state index contributed by atoms with van der Waals surface area (Å²) in [5.41, 5.74) is 5.38. The Morgan fingerprint density at radius 1 is 0.969 bits per heavy atom. The molecule has 0 aliphatic heterocycles. The van der Waals surface area contributed by atoms with E-state index < -0.39 is 6.04 Å². The van der Waals surface area contributed by atoms with E-state index in [2.05, 4.69) is 11.4 Å². The summed E-state index contributed by atoms with van der Waals surface area (Å²) in [5.74, 6) is 0.392. The molecule has 0 bridgehead atoms. The Balaban J connectivity index is 2.26. The van der Waals surface area contributed by atoms with Crippen LogP contribution in [0.25, 0.3) is 0 Å². The van der Waals surface area contributed by atoms with Gasteiger partial charge < -0.3 is 15.0 Å². The Bertz CT molecular complexity index is 921. The standard InChI is InChI=1S/C27H38N2O3/c1-8-21(6)28-27(31)24(9-2)29(16-23-12-10-18(3)11-13-23)26(30)17-32-25-15-19(4)14-20(5)22(25)7/h10-15,21,24H,8-9,16-17H2,1-7H3,(H,28,31)/t21-,24+/m0/s1. The van der Waals surface area contributed by atoms with E-state index in [0.29, 0.717) is 18.7 Å².